The summed E-state index contributed by atoms with van der Waals surface area (Å²) in [6, 6.07) is 3.12. The standard InChI is InChI=1S/C9H11FN2O5S/c1-18(15,16)17-5-4-11-9-3-2-7(12(13)14)6-8(9)10/h2-3,6,11H,4-5H2,1H3. The smallest absolute Gasteiger partial charge is 0.272 e. The fourth-order valence-electron chi connectivity index (χ4n) is 1.14. The molecule has 0 atom stereocenters. The fraction of sp³-hybridized carbons (Fsp3) is 0.333. The van der Waals surface area contributed by atoms with Crippen molar-refractivity contribution in [3.63, 3.8) is 0 Å². The molecule has 0 aliphatic rings. The van der Waals surface area contributed by atoms with Crippen LogP contribution in [-0.2, 0) is 14.3 Å². The zero-order valence-electron chi connectivity index (χ0n) is 9.42. The Labute approximate surface area is 103 Å². The summed E-state index contributed by atoms with van der Waals surface area (Å²) in [6.07, 6.45) is 0.902. The van der Waals surface area contributed by atoms with Crippen LogP contribution in [0.25, 0.3) is 0 Å². The van der Waals surface area contributed by atoms with Crippen LogP contribution in [0.15, 0.2) is 18.2 Å². The van der Waals surface area contributed by atoms with E-state index in [1.165, 1.54) is 6.07 Å². The average molecular weight is 278 g/mol. The molecule has 0 spiro atoms. The number of nitro benzene ring substituents is 1. The van der Waals surface area contributed by atoms with Crippen LogP contribution >= 0.6 is 0 Å². The maximum atomic E-state index is 13.3. The van der Waals surface area contributed by atoms with Crippen molar-refractivity contribution in [3.8, 4) is 0 Å². The van der Waals surface area contributed by atoms with Crippen LogP contribution in [0.5, 0.6) is 0 Å². The van der Waals surface area contributed by atoms with E-state index in [0.717, 1.165) is 18.4 Å². The van der Waals surface area contributed by atoms with Gasteiger partial charge in [0.2, 0.25) is 0 Å². The van der Waals surface area contributed by atoms with E-state index in [1.54, 1.807) is 0 Å². The second-order valence-corrected chi connectivity index (χ2v) is 5.02. The Kier molecular flexibility index (Phi) is 4.56. The third-order valence-corrected chi connectivity index (χ3v) is 2.47. The minimum Gasteiger partial charge on any atom is -0.380 e. The van der Waals surface area contributed by atoms with Crippen LogP contribution in [0, 0.1) is 15.9 Å². The molecule has 0 fully saturated rings. The van der Waals surface area contributed by atoms with Gasteiger partial charge in [-0.2, -0.15) is 8.42 Å². The first kappa shape index (κ1) is 14.3. The fourth-order valence-corrected chi connectivity index (χ4v) is 1.53. The zero-order chi connectivity index (χ0) is 13.8. The minimum atomic E-state index is -3.53. The average Bonchev–Trinajstić information content (AvgIpc) is 2.24. The Balaban J connectivity index is 2.56. The summed E-state index contributed by atoms with van der Waals surface area (Å²) in [7, 11) is -3.53. The second-order valence-electron chi connectivity index (χ2n) is 3.37. The number of hydrogen-bond acceptors (Lipinski definition) is 6. The highest BCUT2D eigenvalue weighted by Crippen LogP contribution is 2.20. The monoisotopic (exact) mass is 278 g/mol. The lowest BCUT2D eigenvalue weighted by molar-refractivity contribution is -0.385. The van der Waals surface area contributed by atoms with Gasteiger partial charge in [0.25, 0.3) is 15.8 Å². The third kappa shape index (κ3) is 4.63. The normalized spacial score (nSPS) is 11.2. The number of halogens is 1. The molecule has 7 nitrogen and oxygen atoms in total. The molecular weight excluding hydrogens is 267 g/mol. The van der Waals surface area contributed by atoms with Crippen molar-refractivity contribution in [1.29, 1.82) is 0 Å². The Morgan fingerprint density at radius 2 is 2.17 bits per heavy atom. The molecule has 0 bridgehead atoms. The maximum Gasteiger partial charge on any atom is 0.272 e. The maximum absolute atomic E-state index is 13.3. The first-order valence-corrected chi connectivity index (χ1v) is 6.63. The Morgan fingerprint density at radius 3 is 2.67 bits per heavy atom. The Hall–Kier alpha value is -1.74. The molecule has 1 aromatic rings. The molecule has 0 unspecified atom stereocenters. The summed E-state index contributed by atoms with van der Waals surface area (Å²) in [5.41, 5.74) is -0.317. The summed E-state index contributed by atoms with van der Waals surface area (Å²) >= 11 is 0. The number of non-ortho nitro benzene ring substituents is 1. The van der Waals surface area contributed by atoms with Crippen molar-refractivity contribution < 1.29 is 21.9 Å². The van der Waals surface area contributed by atoms with E-state index in [0.29, 0.717) is 0 Å². The third-order valence-electron chi connectivity index (χ3n) is 1.88. The first-order valence-electron chi connectivity index (χ1n) is 4.82. The van der Waals surface area contributed by atoms with E-state index >= 15 is 0 Å². The highest BCUT2D eigenvalue weighted by molar-refractivity contribution is 7.85. The molecule has 9 heteroatoms. The Morgan fingerprint density at radius 1 is 1.50 bits per heavy atom. The first-order chi connectivity index (χ1) is 8.29. The summed E-state index contributed by atoms with van der Waals surface area (Å²) in [5, 5.41) is 12.9. The van der Waals surface area contributed by atoms with Gasteiger partial charge in [-0.3, -0.25) is 14.3 Å². The number of nitrogens with zero attached hydrogens (tertiary/aromatic N) is 1. The number of benzene rings is 1. The van der Waals surface area contributed by atoms with E-state index in [1.807, 2.05) is 0 Å². The molecule has 0 aliphatic carbocycles. The molecule has 1 N–H and O–H groups in total. The van der Waals surface area contributed by atoms with Gasteiger partial charge in [-0.05, 0) is 6.07 Å². The highest BCUT2D eigenvalue weighted by Gasteiger charge is 2.10. The Bertz CT molecular complexity index is 546. The van der Waals surface area contributed by atoms with Gasteiger partial charge in [0.1, 0.15) is 0 Å². The molecule has 0 aliphatic heterocycles. The van der Waals surface area contributed by atoms with Gasteiger partial charge in [0.15, 0.2) is 5.82 Å². The molecule has 0 radical (unpaired) electrons. The SMILES string of the molecule is CS(=O)(=O)OCCNc1ccc([N+](=O)[O-])cc1F. The van der Waals surface area contributed by atoms with Crippen LogP contribution < -0.4 is 5.32 Å². The van der Waals surface area contributed by atoms with Gasteiger partial charge in [-0.25, -0.2) is 4.39 Å². The lowest BCUT2D eigenvalue weighted by Crippen LogP contribution is -2.13. The van der Waals surface area contributed by atoms with E-state index in [2.05, 4.69) is 9.50 Å². The van der Waals surface area contributed by atoms with Crippen LogP contribution in [0.4, 0.5) is 15.8 Å². The highest BCUT2D eigenvalue weighted by atomic mass is 32.2. The van der Waals surface area contributed by atoms with Gasteiger partial charge in [-0.1, -0.05) is 0 Å². The molecule has 1 rings (SSSR count). The topological polar surface area (TPSA) is 98.5 Å². The molecule has 0 amide bonds. The largest absolute Gasteiger partial charge is 0.380 e. The zero-order valence-corrected chi connectivity index (χ0v) is 10.2. The summed E-state index contributed by atoms with van der Waals surface area (Å²) in [4.78, 5) is 9.66. The van der Waals surface area contributed by atoms with Crippen LogP contribution in [0.2, 0.25) is 0 Å². The van der Waals surface area contributed by atoms with Crippen LogP contribution in [0.3, 0.4) is 0 Å². The van der Waals surface area contributed by atoms with E-state index in [9.17, 15) is 22.9 Å². The van der Waals surface area contributed by atoms with E-state index in [4.69, 9.17) is 0 Å². The lowest BCUT2D eigenvalue weighted by atomic mass is 10.2. The van der Waals surface area contributed by atoms with Crippen molar-refractivity contribution in [2.24, 2.45) is 0 Å². The number of anilines is 1. The molecule has 100 valence electrons. The quantitative estimate of drug-likeness (QED) is 0.362. The molecule has 18 heavy (non-hydrogen) atoms. The molecule has 0 aromatic heterocycles. The molecule has 0 heterocycles. The van der Waals surface area contributed by atoms with Crippen molar-refractivity contribution in [2.75, 3.05) is 24.7 Å². The molecule has 0 saturated carbocycles. The van der Waals surface area contributed by atoms with Gasteiger partial charge >= 0.3 is 0 Å². The predicted octanol–water partition coefficient (Wildman–Crippen LogP) is 1.12. The lowest BCUT2D eigenvalue weighted by Gasteiger charge is -2.06. The number of hydrogen-bond donors (Lipinski definition) is 1. The predicted molar refractivity (Wildman–Crippen MR) is 62.3 cm³/mol. The summed E-state index contributed by atoms with van der Waals surface area (Å²) in [6.45, 7) is -0.100. The molecule has 1 aromatic carbocycles. The van der Waals surface area contributed by atoms with Gasteiger partial charge < -0.3 is 5.32 Å². The number of rotatable bonds is 6. The molecule has 0 saturated heterocycles. The summed E-state index contributed by atoms with van der Waals surface area (Å²) < 4.78 is 39.0. The van der Waals surface area contributed by atoms with Crippen molar-refractivity contribution in [2.45, 2.75) is 0 Å². The second kappa shape index (κ2) is 5.74. The number of nitro groups is 1. The molecular formula is C9H11FN2O5S. The van der Waals surface area contributed by atoms with Crippen molar-refractivity contribution in [1.82, 2.24) is 0 Å². The van der Waals surface area contributed by atoms with E-state index in [-0.39, 0.29) is 24.5 Å². The number of nitrogens with one attached hydrogen (secondary N) is 1. The van der Waals surface area contributed by atoms with E-state index < -0.39 is 20.9 Å². The minimum absolute atomic E-state index is 0.0395. The van der Waals surface area contributed by atoms with Crippen molar-refractivity contribution in [3.05, 3.63) is 34.1 Å². The van der Waals surface area contributed by atoms with Crippen LogP contribution in [0.1, 0.15) is 0 Å². The van der Waals surface area contributed by atoms with Crippen molar-refractivity contribution >= 4 is 21.5 Å². The summed E-state index contributed by atoms with van der Waals surface area (Å²) in [5.74, 6) is -0.788. The van der Waals surface area contributed by atoms with Crippen LogP contribution in [-0.4, -0.2) is 32.7 Å². The van der Waals surface area contributed by atoms with Gasteiger partial charge in [-0.15, -0.1) is 0 Å². The van der Waals surface area contributed by atoms with Gasteiger partial charge in [0, 0.05) is 12.6 Å². The van der Waals surface area contributed by atoms with Gasteiger partial charge in [0.05, 0.1) is 29.5 Å².